The van der Waals surface area contributed by atoms with E-state index in [1.54, 1.807) is 0 Å². The van der Waals surface area contributed by atoms with E-state index in [9.17, 15) is 0 Å². The van der Waals surface area contributed by atoms with Gasteiger partial charge in [0.25, 0.3) is 0 Å². The molecule has 2 aromatic carbocycles. The van der Waals surface area contributed by atoms with Gasteiger partial charge < -0.3 is 0 Å². The van der Waals surface area contributed by atoms with Crippen molar-refractivity contribution in [1.29, 1.82) is 0 Å². The van der Waals surface area contributed by atoms with E-state index >= 15 is 0 Å². The van der Waals surface area contributed by atoms with Crippen LogP contribution in [0.1, 0.15) is 30.9 Å². The van der Waals surface area contributed by atoms with Gasteiger partial charge in [-0.15, -0.1) is 0 Å². The summed E-state index contributed by atoms with van der Waals surface area (Å²) in [5.74, 6) is 0.435. The standard InChI is InChI=1S/C16H16.2ClH.Ru/c1-12(2)16-13(3)8-7-11-15(16)14-9-5-4-6-10-14;;;/h3-12H,1-2H3;2*1H;/q;;;+2/p-2. The van der Waals surface area contributed by atoms with Crippen molar-refractivity contribution in [2.75, 3.05) is 0 Å². The molecule has 0 saturated heterocycles. The zero-order chi connectivity index (χ0) is 13.8. The maximum atomic E-state index is 6.04. The molecule has 0 N–H and O–H groups in total. The molecule has 0 radical (unpaired) electrons. The van der Waals surface area contributed by atoms with Crippen LogP contribution in [0.2, 0.25) is 0 Å². The molecule has 0 fully saturated rings. The van der Waals surface area contributed by atoms with E-state index in [2.05, 4.69) is 56.3 Å². The van der Waals surface area contributed by atoms with Crippen LogP contribution in [0.4, 0.5) is 0 Å². The van der Waals surface area contributed by atoms with Crippen LogP contribution in [0.25, 0.3) is 11.1 Å². The SMILES string of the molecule is CC(C)c1c([CH]=[Ru]([Cl])[Cl])cccc1-c1ccccc1. The normalized spacial score (nSPS) is 11.5. The van der Waals surface area contributed by atoms with Crippen LogP contribution in [0, 0.1) is 0 Å². The average molecular weight is 380 g/mol. The molecule has 0 atom stereocenters. The third-order valence-corrected chi connectivity index (χ3v) is 4.82. The fraction of sp³-hybridized carbons (Fsp3) is 0.188. The first-order valence-electron chi connectivity index (χ1n) is 6.11. The van der Waals surface area contributed by atoms with E-state index in [0.717, 1.165) is 0 Å². The predicted octanol–water partition coefficient (Wildman–Crippen LogP) is 5.55. The Labute approximate surface area is 127 Å². The molecule has 0 aromatic heterocycles. The minimum atomic E-state index is -1.80. The molecule has 0 spiro atoms. The van der Waals surface area contributed by atoms with Crippen molar-refractivity contribution >= 4 is 24.0 Å². The van der Waals surface area contributed by atoms with E-state index in [4.69, 9.17) is 19.4 Å². The number of halogens is 2. The minimum absolute atomic E-state index is 0.435. The van der Waals surface area contributed by atoms with Crippen molar-refractivity contribution in [3.63, 3.8) is 0 Å². The van der Waals surface area contributed by atoms with Gasteiger partial charge in [-0.1, -0.05) is 0 Å². The van der Waals surface area contributed by atoms with Crippen LogP contribution in [-0.2, 0) is 13.5 Å². The molecule has 102 valence electrons. The fourth-order valence-electron chi connectivity index (χ4n) is 2.27. The molecule has 0 saturated carbocycles. The summed E-state index contributed by atoms with van der Waals surface area (Å²) in [6.07, 6.45) is 0. The van der Waals surface area contributed by atoms with Crippen molar-refractivity contribution in [2.24, 2.45) is 0 Å². The zero-order valence-corrected chi connectivity index (χ0v) is 14.1. The van der Waals surface area contributed by atoms with Crippen LogP contribution in [-0.4, -0.2) is 4.61 Å². The van der Waals surface area contributed by atoms with E-state index in [-0.39, 0.29) is 0 Å². The molecular formula is C16H16Cl2Ru. The summed E-state index contributed by atoms with van der Waals surface area (Å²) in [6, 6.07) is 16.8. The third-order valence-electron chi connectivity index (χ3n) is 2.99. The Kier molecular flexibility index (Phi) is 5.33. The van der Waals surface area contributed by atoms with Gasteiger partial charge in [-0.25, -0.2) is 0 Å². The van der Waals surface area contributed by atoms with Crippen LogP contribution < -0.4 is 0 Å². The van der Waals surface area contributed by atoms with Crippen molar-refractivity contribution < 1.29 is 13.5 Å². The summed E-state index contributed by atoms with van der Waals surface area (Å²) < 4.78 is 2.04. The van der Waals surface area contributed by atoms with Gasteiger partial charge in [-0.3, -0.25) is 0 Å². The first-order valence-corrected chi connectivity index (χ1v) is 11.6. The summed E-state index contributed by atoms with van der Waals surface area (Å²) in [4.78, 5) is 0. The van der Waals surface area contributed by atoms with Crippen molar-refractivity contribution in [2.45, 2.75) is 19.8 Å². The molecule has 0 aliphatic rings. The molecule has 0 aliphatic carbocycles. The molecule has 0 bridgehead atoms. The second-order valence-corrected chi connectivity index (χ2v) is 10.4. The fourth-order valence-corrected chi connectivity index (χ4v) is 4.10. The maximum absolute atomic E-state index is 6.04. The molecule has 3 heteroatoms. The Hall–Kier alpha value is -0.487. The van der Waals surface area contributed by atoms with Crippen LogP contribution >= 0.6 is 19.4 Å². The molecule has 0 amide bonds. The van der Waals surface area contributed by atoms with E-state index in [1.165, 1.54) is 22.3 Å². The summed E-state index contributed by atoms with van der Waals surface area (Å²) in [5.41, 5.74) is 5.02. The van der Waals surface area contributed by atoms with Crippen molar-refractivity contribution in [3.8, 4) is 11.1 Å². The van der Waals surface area contributed by atoms with E-state index < -0.39 is 13.5 Å². The topological polar surface area (TPSA) is 0 Å². The molecule has 0 aliphatic heterocycles. The average Bonchev–Trinajstić information content (AvgIpc) is 2.38. The number of rotatable bonds is 3. The summed E-state index contributed by atoms with van der Waals surface area (Å²) in [5, 5.41) is 0. The van der Waals surface area contributed by atoms with Crippen LogP contribution in [0.15, 0.2) is 48.5 Å². The Morgan fingerprint density at radius 1 is 0.947 bits per heavy atom. The molecule has 0 nitrogen and oxygen atoms in total. The second-order valence-electron chi connectivity index (χ2n) is 4.64. The molecule has 2 aromatic rings. The summed E-state index contributed by atoms with van der Waals surface area (Å²) in [7, 11) is 12.1. The van der Waals surface area contributed by atoms with Crippen molar-refractivity contribution in [1.82, 2.24) is 0 Å². The van der Waals surface area contributed by atoms with Gasteiger partial charge in [0.1, 0.15) is 0 Å². The quantitative estimate of drug-likeness (QED) is 0.613. The van der Waals surface area contributed by atoms with Gasteiger partial charge >= 0.3 is 128 Å². The van der Waals surface area contributed by atoms with Gasteiger partial charge in [-0.2, -0.15) is 0 Å². The Morgan fingerprint density at radius 2 is 1.63 bits per heavy atom. The number of hydrogen-bond acceptors (Lipinski definition) is 0. The number of hydrogen-bond donors (Lipinski definition) is 0. The van der Waals surface area contributed by atoms with Crippen molar-refractivity contribution in [3.05, 3.63) is 59.7 Å². The van der Waals surface area contributed by atoms with Gasteiger partial charge in [0, 0.05) is 0 Å². The first-order chi connectivity index (χ1) is 9.09. The van der Waals surface area contributed by atoms with Gasteiger partial charge in [-0.05, 0) is 0 Å². The number of benzene rings is 2. The van der Waals surface area contributed by atoms with Crippen LogP contribution in [0.5, 0.6) is 0 Å². The van der Waals surface area contributed by atoms with Crippen LogP contribution in [0.3, 0.4) is 0 Å². The molecule has 2 rings (SSSR count). The van der Waals surface area contributed by atoms with Gasteiger partial charge in [0.15, 0.2) is 0 Å². The van der Waals surface area contributed by atoms with E-state index in [0.29, 0.717) is 5.92 Å². The first kappa shape index (κ1) is 14.9. The summed E-state index contributed by atoms with van der Waals surface area (Å²) in [6.45, 7) is 4.41. The van der Waals surface area contributed by atoms with Gasteiger partial charge in [0.05, 0.1) is 0 Å². The Balaban J connectivity index is 2.65. The Morgan fingerprint density at radius 3 is 2.21 bits per heavy atom. The van der Waals surface area contributed by atoms with Gasteiger partial charge in [0.2, 0.25) is 0 Å². The Bertz CT molecular complexity index is 585. The zero-order valence-electron chi connectivity index (χ0n) is 10.9. The molecule has 19 heavy (non-hydrogen) atoms. The molecular weight excluding hydrogens is 364 g/mol. The third kappa shape index (κ3) is 3.75. The molecule has 0 unspecified atom stereocenters. The summed E-state index contributed by atoms with van der Waals surface area (Å²) >= 11 is -1.80. The van der Waals surface area contributed by atoms with E-state index in [1.807, 2.05) is 10.7 Å². The predicted molar refractivity (Wildman–Crippen MR) is 82.8 cm³/mol. The second kappa shape index (κ2) is 6.79. The molecule has 0 heterocycles. The monoisotopic (exact) mass is 380 g/mol.